The van der Waals surface area contributed by atoms with Crippen LogP contribution in [0.15, 0.2) is 18.2 Å². The second-order valence-electron chi connectivity index (χ2n) is 6.51. The molecule has 132 valence electrons. The summed E-state index contributed by atoms with van der Waals surface area (Å²) < 4.78 is 0. The zero-order valence-electron chi connectivity index (χ0n) is 14.7. The van der Waals surface area contributed by atoms with Gasteiger partial charge < -0.3 is 20.0 Å². The standard InChI is InChI=1S/C17H25ClN4O2/c1-20(2)15-8-7-13(10-14(15)18)19-16(23)12-6-5-9-22(11-12)17(24)21(3)4/h7-8,10,12H,5-6,9,11H2,1-4H3,(H,19,23). The third-order valence-corrected chi connectivity index (χ3v) is 4.45. The Labute approximate surface area is 148 Å². The molecule has 6 nitrogen and oxygen atoms in total. The first kappa shape index (κ1) is 18.4. The van der Waals surface area contributed by atoms with E-state index in [1.165, 1.54) is 0 Å². The molecule has 1 atom stereocenters. The molecule has 0 aromatic heterocycles. The number of hydrogen-bond donors (Lipinski definition) is 1. The van der Waals surface area contributed by atoms with Crippen molar-refractivity contribution < 1.29 is 9.59 Å². The van der Waals surface area contributed by atoms with Crippen LogP contribution >= 0.6 is 11.6 Å². The molecule has 3 amide bonds. The van der Waals surface area contributed by atoms with Crippen LogP contribution in [0.2, 0.25) is 5.02 Å². The number of halogens is 1. The van der Waals surface area contributed by atoms with Crippen LogP contribution in [0.1, 0.15) is 12.8 Å². The van der Waals surface area contributed by atoms with E-state index in [4.69, 9.17) is 11.6 Å². The maximum atomic E-state index is 12.5. The van der Waals surface area contributed by atoms with Crippen LogP contribution in [0.25, 0.3) is 0 Å². The highest BCUT2D eigenvalue weighted by Crippen LogP contribution is 2.28. The number of likely N-dealkylation sites (tertiary alicyclic amines) is 1. The summed E-state index contributed by atoms with van der Waals surface area (Å²) in [5.74, 6) is -0.269. The van der Waals surface area contributed by atoms with Crippen molar-refractivity contribution in [1.29, 1.82) is 0 Å². The maximum absolute atomic E-state index is 12.5. The molecule has 1 saturated heterocycles. The van der Waals surface area contributed by atoms with Gasteiger partial charge >= 0.3 is 6.03 Å². The minimum Gasteiger partial charge on any atom is -0.376 e. The lowest BCUT2D eigenvalue weighted by Crippen LogP contribution is -2.47. The van der Waals surface area contributed by atoms with Crippen LogP contribution in [-0.2, 0) is 4.79 Å². The molecule has 7 heteroatoms. The largest absolute Gasteiger partial charge is 0.376 e. The molecule has 0 radical (unpaired) electrons. The molecule has 0 bridgehead atoms. The Morgan fingerprint density at radius 2 is 1.96 bits per heavy atom. The average Bonchev–Trinajstić information content (AvgIpc) is 2.53. The van der Waals surface area contributed by atoms with Crippen LogP contribution in [-0.4, -0.2) is 63.0 Å². The molecule has 1 fully saturated rings. The van der Waals surface area contributed by atoms with Crippen molar-refractivity contribution in [3.05, 3.63) is 23.2 Å². The second kappa shape index (κ2) is 7.75. The van der Waals surface area contributed by atoms with Crippen molar-refractivity contribution in [2.45, 2.75) is 12.8 Å². The smallest absolute Gasteiger partial charge is 0.319 e. The molecule has 1 unspecified atom stereocenters. The minimum absolute atomic E-state index is 0.0501. The molecule has 0 spiro atoms. The van der Waals surface area contributed by atoms with E-state index in [1.54, 1.807) is 30.0 Å². The number of urea groups is 1. The molecule has 1 aliphatic rings. The van der Waals surface area contributed by atoms with Crippen LogP contribution in [0.5, 0.6) is 0 Å². The molecule has 1 aliphatic heterocycles. The topological polar surface area (TPSA) is 55.9 Å². The number of piperidine rings is 1. The van der Waals surface area contributed by atoms with Gasteiger partial charge in [-0.1, -0.05) is 11.6 Å². The summed E-state index contributed by atoms with van der Waals surface area (Å²) in [6.07, 6.45) is 1.62. The number of amides is 3. The number of carbonyl (C=O) groups excluding carboxylic acids is 2. The van der Waals surface area contributed by atoms with Crippen molar-refractivity contribution in [2.24, 2.45) is 5.92 Å². The predicted octanol–water partition coefficient (Wildman–Crippen LogP) is 2.74. The lowest BCUT2D eigenvalue weighted by molar-refractivity contribution is -0.121. The fraction of sp³-hybridized carbons (Fsp3) is 0.529. The van der Waals surface area contributed by atoms with Gasteiger partial charge in [0.25, 0.3) is 0 Å². The average molecular weight is 353 g/mol. The fourth-order valence-corrected chi connectivity index (χ4v) is 3.19. The van der Waals surface area contributed by atoms with Crippen LogP contribution in [0.4, 0.5) is 16.2 Å². The Bertz CT molecular complexity index is 619. The third-order valence-electron chi connectivity index (χ3n) is 4.14. The van der Waals surface area contributed by atoms with Crippen LogP contribution in [0.3, 0.4) is 0 Å². The molecule has 24 heavy (non-hydrogen) atoms. The number of carbonyl (C=O) groups is 2. The molecular formula is C17H25ClN4O2. The highest BCUT2D eigenvalue weighted by molar-refractivity contribution is 6.33. The lowest BCUT2D eigenvalue weighted by atomic mass is 9.97. The fourth-order valence-electron chi connectivity index (χ4n) is 2.84. The number of benzene rings is 1. The van der Waals surface area contributed by atoms with Crippen molar-refractivity contribution in [2.75, 3.05) is 51.5 Å². The highest BCUT2D eigenvalue weighted by Gasteiger charge is 2.29. The lowest BCUT2D eigenvalue weighted by Gasteiger charge is -2.33. The molecule has 1 aromatic rings. The maximum Gasteiger partial charge on any atom is 0.319 e. The van der Waals surface area contributed by atoms with E-state index >= 15 is 0 Å². The van der Waals surface area contributed by atoms with Gasteiger partial charge in [0, 0.05) is 47.0 Å². The van der Waals surface area contributed by atoms with E-state index < -0.39 is 0 Å². The second-order valence-corrected chi connectivity index (χ2v) is 6.92. The number of nitrogens with zero attached hydrogens (tertiary/aromatic N) is 3. The molecule has 2 rings (SSSR count). The number of rotatable bonds is 3. The van der Waals surface area contributed by atoms with Gasteiger partial charge in [0.05, 0.1) is 16.6 Å². The Balaban J connectivity index is 2.01. The van der Waals surface area contributed by atoms with Crippen LogP contribution < -0.4 is 10.2 Å². The van der Waals surface area contributed by atoms with Gasteiger partial charge in [-0.2, -0.15) is 0 Å². The first-order chi connectivity index (χ1) is 11.3. The number of hydrogen-bond acceptors (Lipinski definition) is 3. The Morgan fingerprint density at radius 3 is 2.54 bits per heavy atom. The summed E-state index contributed by atoms with van der Waals surface area (Å²) >= 11 is 6.24. The SMILES string of the molecule is CN(C)C(=O)N1CCCC(C(=O)Nc2ccc(N(C)C)c(Cl)c2)C1. The quantitative estimate of drug-likeness (QED) is 0.910. The van der Waals surface area contributed by atoms with Gasteiger partial charge in [-0.25, -0.2) is 4.79 Å². The van der Waals surface area contributed by atoms with E-state index in [9.17, 15) is 9.59 Å². The van der Waals surface area contributed by atoms with Gasteiger partial charge in [0.1, 0.15) is 0 Å². The van der Waals surface area contributed by atoms with E-state index in [1.807, 2.05) is 31.1 Å². The zero-order valence-corrected chi connectivity index (χ0v) is 15.4. The van der Waals surface area contributed by atoms with Gasteiger partial charge in [-0.15, -0.1) is 0 Å². The summed E-state index contributed by atoms with van der Waals surface area (Å²) in [5.41, 5.74) is 1.57. The molecule has 0 aliphatic carbocycles. The molecule has 0 saturated carbocycles. The monoisotopic (exact) mass is 352 g/mol. The van der Waals surface area contributed by atoms with Gasteiger partial charge in [0.15, 0.2) is 0 Å². The number of anilines is 2. The van der Waals surface area contributed by atoms with E-state index in [2.05, 4.69) is 5.32 Å². The Morgan fingerprint density at radius 1 is 1.25 bits per heavy atom. The summed E-state index contributed by atoms with van der Waals surface area (Å²) in [5, 5.41) is 3.50. The zero-order chi connectivity index (χ0) is 17.9. The van der Waals surface area contributed by atoms with Gasteiger partial charge in [-0.3, -0.25) is 4.79 Å². The Kier molecular flexibility index (Phi) is 5.94. The van der Waals surface area contributed by atoms with Crippen LogP contribution in [0, 0.1) is 5.92 Å². The van der Waals surface area contributed by atoms with Crippen molar-refractivity contribution in [1.82, 2.24) is 9.80 Å². The highest BCUT2D eigenvalue weighted by atomic mass is 35.5. The third kappa shape index (κ3) is 4.32. The summed E-state index contributed by atoms with van der Waals surface area (Å²) in [6.45, 7) is 1.15. The summed E-state index contributed by atoms with van der Waals surface area (Å²) in [7, 11) is 7.27. The van der Waals surface area contributed by atoms with E-state index in [0.717, 1.165) is 18.5 Å². The molecule has 1 aromatic carbocycles. The first-order valence-corrected chi connectivity index (χ1v) is 8.41. The van der Waals surface area contributed by atoms with Crippen molar-refractivity contribution in [3.63, 3.8) is 0 Å². The molecular weight excluding hydrogens is 328 g/mol. The first-order valence-electron chi connectivity index (χ1n) is 8.03. The summed E-state index contributed by atoms with van der Waals surface area (Å²) in [4.78, 5) is 29.8. The van der Waals surface area contributed by atoms with Gasteiger partial charge in [0.2, 0.25) is 5.91 Å². The predicted molar refractivity (Wildman–Crippen MR) is 97.8 cm³/mol. The molecule has 1 N–H and O–H groups in total. The van der Waals surface area contributed by atoms with E-state index in [0.29, 0.717) is 23.8 Å². The van der Waals surface area contributed by atoms with E-state index in [-0.39, 0.29) is 17.9 Å². The minimum atomic E-state index is -0.199. The Hall–Kier alpha value is -1.95. The molecule has 1 heterocycles. The number of nitrogens with one attached hydrogen (secondary N) is 1. The summed E-state index contributed by atoms with van der Waals surface area (Å²) in [6, 6.07) is 5.41. The van der Waals surface area contributed by atoms with Gasteiger partial charge in [-0.05, 0) is 31.0 Å². The normalized spacial score (nSPS) is 17.4. The van der Waals surface area contributed by atoms with Crippen molar-refractivity contribution >= 4 is 34.9 Å². The van der Waals surface area contributed by atoms with Crippen molar-refractivity contribution in [3.8, 4) is 0 Å².